The molecule has 1 fully saturated rings. The van der Waals surface area contributed by atoms with Gasteiger partial charge in [0.1, 0.15) is 12.2 Å². The fourth-order valence-corrected chi connectivity index (χ4v) is 3.27. The first-order valence-corrected chi connectivity index (χ1v) is 9.62. The maximum atomic E-state index is 12.5. The molecular weight excluding hydrogens is 386 g/mol. The Balaban J connectivity index is 1.29. The van der Waals surface area contributed by atoms with Crippen LogP contribution in [0.5, 0.6) is 0 Å². The molecule has 1 aliphatic heterocycles. The number of anilines is 1. The molecule has 4 rings (SSSR count). The van der Waals surface area contributed by atoms with E-state index in [1.165, 1.54) is 21.9 Å². The van der Waals surface area contributed by atoms with Crippen molar-refractivity contribution in [1.82, 2.24) is 20.0 Å². The number of nitrogens with one attached hydrogen (secondary N) is 1. The monoisotopic (exact) mass is 407 g/mol. The van der Waals surface area contributed by atoms with Crippen molar-refractivity contribution in [1.29, 1.82) is 0 Å². The summed E-state index contributed by atoms with van der Waals surface area (Å²) in [4.78, 5) is 40.0. The number of benzene rings is 1. The SMILES string of the molecule is O=C(CN1CCN(c2ccccc2)C1=O)NCCn1nc(-c2ccco2)ccc1=O. The molecule has 0 unspecified atom stereocenters. The molecule has 9 nitrogen and oxygen atoms in total. The number of nitrogens with zero attached hydrogens (tertiary/aromatic N) is 4. The lowest BCUT2D eigenvalue weighted by Crippen LogP contribution is -2.41. The molecule has 1 aliphatic rings. The lowest BCUT2D eigenvalue weighted by molar-refractivity contribution is -0.121. The Bertz CT molecular complexity index is 1080. The van der Waals surface area contributed by atoms with E-state index in [0.717, 1.165) is 5.69 Å². The summed E-state index contributed by atoms with van der Waals surface area (Å²) in [6, 6.07) is 15.7. The van der Waals surface area contributed by atoms with Crippen LogP contribution in [0.2, 0.25) is 0 Å². The van der Waals surface area contributed by atoms with Crippen molar-refractivity contribution < 1.29 is 14.0 Å². The average Bonchev–Trinajstić information content (AvgIpc) is 3.41. The first kappa shape index (κ1) is 19.4. The molecule has 154 valence electrons. The molecule has 3 amide bonds. The maximum absolute atomic E-state index is 12.5. The molecule has 1 aromatic carbocycles. The molecule has 0 saturated carbocycles. The van der Waals surface area contributed by atoms with E-state index in [0.29, 0.717) is 24.5 Å². The zero-order valence-corrected chi connectivity index (χ0v) is 16.2. The summed E-state index contributed by atoms with van der Waals surface area (Å²) in [6.07, 6.45) is 1.53. The molecule has 9 heteroatoms. The Morgan fingerprint density at radius 2 is 1.87 bits per heavy atom. The summed E-state index contributed by atoms with van der Waals surface area (Å²) in [6.45, 7) is 1.42. The number of carbonyl (C=O) groups is 2. The molecule has 0 atom stereocenters. The third-order valence-corrected chi connectivity index (χ3v) is 4.78. The summed E-state index contributed by atoms with van der Waals surface area (Å²) < 4.78 is 6.57. The topological polar surface area (TPSA) is 101 Å². The smallest absolute Gasteiger partial charge is 0.325 e. The predicted octanol–water partition coefficient (Wildman–Crippen LogP) is 1.56. The molecule has 0 aliphatic carbocycles. The molecule has 0 spiro atoms. The van der Waals surface area contributed by atoms with Crippen LogP contribution in [0.15, 0.2) is 70.1 Å². The van der Waals surface area contributed by atoms with E-state index in [9.17, 15) is 14.4 Å². The van der Waals surface area contributed by atoms with Crippen LogP contribution in [0.1, 0.15) is 0 Å². The number of para-hydroxylation sites is 1. The van der Waals surface area contributed by atoms with Crippen molar-refractivity contribution >= 4 is 17.6 Å². The van der Waals surface area contributed by atoms with Gasteiger partial charge in [-0.3, -0.25) is 14.5 Å². The van der Waals surface area contributed by atoms with E-state index in [2.05, 4.69) is 10.4 Å². The molecule has 3 heterocycles. The first-order chi connectivity index (χ1) is 14.6. The fraction of sp³-hybridized carbons (Fsp3) is 0.238. The van der Waals surface area contributed by atoms with E-state index in [1.54, 1.807) is 23.1 Å². The lowest BCUT2D eigenvalue weighted by atomic mass is 10.3. The number of hydrogen-bond donors (Lipinski definition) is 1. The largest absolute Gasteiger partial charge is 0.463 e. The predicted molar refractivity (Wildman–Crippen MR) is 110 cm³/mol. The summed E-state index contributed by atoms with van der Waals surface area (Å²) in [7, 11) is 0. The second-order valence-corrected chi connectivity index (χ2v) is 6.80. The third-order valence-electron chi connectivity index (χ3n) is 4.78. The first-order valence-electron chi connectivity index (χ1n) is 9.62. The number of amides is 3. The summed E-state index contributed by atoms with van der Waals surface area (Å²) in [5.74, 6) is 0.275. The molecule has 0 bridgehead atoms. The molecule has 0 radical (unpaired) electrons. The third kappa shape index (κ3) is 4.24. The standard InChI is InChI=1S/C21H21N5O4/c27-19(15-24-12-13-25(21(24)29)16-5-2-1-3-6-16)22-10-11-26-20(28)9-8-17(23-26)18-7-4-14-30-18/h1-9,14H,10-13,15H2,(H,22,27). The number of rotatable bonds is 7. The minimum atomic E-state index is -0.284. The Morgan fingerprint density at radius 1 is 1.03 bits per heavy atom. The van der Waals surface area contributed by atoms with E-state index in [1.807, 2.05) is 30.3 Å². The zero-order valence-electron chi connectivity index (χ0n) is 16.2. The highest BCUT2D eigenvalue weighted by molar-refractivity contribution is 5.96. The Hall–Kier alpha value is -3.88. The van der Waals surface area contributed by atoms with E-state index < -0.39 is 0 Å². The van der Waals surface area contributed by atoms with Crippen molar-refractivity contribution in [3.05, 3.63) is 71.2 Å². The van der Waals surface area contributed by atoms with Crippen molar-refractivity contribution in [3.63, 3.8) is 0 Å². The van der Waals surface area contributed by atoms with Crippen molar-refractivity contribution in [2.75, 3.05) is 31.1 Å². The van der Waals surface area contributed by atoms with Crippen molar-refractivity contribution in [2.45, 2.75) is 6.54 Å². The Labute approximate surface area is 172 Å². The normalized spacial score (nSPS) is 13.7. The molecular formula is C21H21N5O4. The van der Waals surface area contributed by atoms with Crippen LogP contribution in [0.4, 0.5) is 10.5 Å². The van der Waals surface area contributed by atoms with Gasteiger partial charge in [0.2, 0.25) is 5.91 Å². The van der Waals surface area contributed by atoms with Crippen LogP contribution < -0.4 is 15.8 Å². The van der Waals surface area contributed by atoms with Crippen LogP contribution in [-0.2, 0) is 11.3 Å². The van der Waals surface area contributed by atoms with Gasteiger partial charge in [-0.15, -0.1) is 0 Å². The van der Waals surface area contributed by atoms with E-state index in [-0.39, 0.29) is 37.1 Å². The lowest BCUT2D eigenvalue weighted by Gasteiger charge is -2.18. The second-order valence-electron chi connectivity index (χ2n) is 6.80. The zero-order chi connectivity index (χ0) is 20.9. The van der Waals surface area contributed by atoms with Crippen molar-refractivity contribution in [2.24, 2.45) is 0 Å². The van der Waals surface area contributed by atoms with Gasteiger partial charge in [0.05, 0.1) is 12.8 Å². The number of urea groups is 1. The highest BCUT2D eigenvalue weighted by Gasteiger charge is 2.30. The maximum Gasteiger partial charge on any atom is 0.325 e. The highest BCUT2D eigenvalue weighted by atomic mass is 16.3. The molecule has 3 aromatic rings. The van der Waals surface area contributed by atoms with Crippen LogP contribution in [-0.4, -0.2) is 52.8 Å². The van der Waals surface area contributed by atoms with Gasteiger partial charge in [-0.1, -0.05) is 18.2 Å². The van der Waals surface area contributed by atoms with Crippen LogP contribution in [0.3, 0.4) is 0 Å². The van der Waals surface area contributed by atoms with Gasteiger partial charge in [-0.05, 0) is 30.3 Å². The van der Waals surface area contributed by atoms with Gasteiger partial charge in [-0.2, -0.15) is 5.10 Å². The van der Waals surface area contributed by atoms with Crippen LogP contribution in [0.25, 0.3) is 11.5 Å². The summed E-state index contributed by atoms with van der Waals surface area (Å²) in [5, 5.41) is 7.00. The number of aromatic nitrogens is 2. The van der Waals surface area contributed by atoms with Gasteiger partial charge >= 0.3 is 6.03 Å². The van der Waals surface area contributed by atoms with Gasteiger partial charge in [0, 0.05) is 31.4 Å². The molecule has 30 heavy (non-hydrogen) atoms. The highest BCUT2D eigenvalue weighted by Crippen LogP contribution is 2.19. The van der Waals surface area contributed by atoms with Crippen LogP contribution in [0, 0.1) is 0 Å². The van der Waals surface area contributed by atoms with E-state index >= 15 is 0 Å². The quantitative estimate of drug-likeness (QED) is 0.641. The fourth-order valence-electron chi connectivity index (χ4n) is 3.27. The Kier molecular flexibility index (Phi) is 5.60. The van der Waals surface area contributed by atoms with Gasteiger partial charge in [0.15, 0.2) is 5.76 Å². The summed E-state index contributed by atoms with van der Waals surface area (Å²) in [5.41, 5.74) is 1.08. The molecule has 1 saturated heterocycles. The van der Waals surface area contributed by atoms with Crippen molar-refractivity contribution in [3.8, 4) is 11.5 Å². The van der Waals surface area contributed by atoms with Gasteiger partial charge in [-0.25, -0.2) is 9.48 Å². The second kappa shape index (κ2) is 8.64. The minimum absolute atomic E-state index is 0.0308. The Morgan fingerprint density at radius 3 is 2.63 bits per heavy atom. The average molecular weight is 407 g/mol. The minimum Gasteiger partial charge on any atom is -0.463 e. The molecule has 2 aromatic heterocycles. The number of hydrogen-bond acceptors (Lipinski definition) is 5. The van der Waals surface area contributed by atoms with Crippen LogP contribution >= 0.6 is 0 Å². The summed E-state index contributed by atoms with van der Waals surface area (Å²) >= 11 is 0. The number of furan rings is 1. The molecule has 1 N–H and O–H groups in total. The van der Waals surface area contributed by atoms with E-state index in [4.69, 9.17) is 4.42 Å². The van der Waals surface area contributed by atoms with Gasteiger partial charge < -0.3 is 14.6 Å². The number of carbonyl (C=O) groups excluding carboxylic acids is 2. The van der Waals surface area contributed by atoms with Gasteiger partial charge in [0.25, 0.3) is 5.56 Å².